The molecule has 0 aliphatic carbocycles. The summed E-state index contributed by atoms with van der Waals surface area (Å²) in [6.45, 7) is 6.11. The van der Waals surface area contributed by atoms with E-state index in [0.717, 1.165) is 30.3 Å². The predicted octanol–water partition coefficient (Wildman–Crippen LogP) is 2.96. The molecule has 1 aromatic heterocycles. The van der Waals surface area contributed by atoms with E-state index in [-0.39, 0.29) is 5.92 Å². The van der Waals surface area contributed by atoms with E-state index >= 15 is 0 Å². The van der Waals surface area contributed by atoms with Crippen molar-refractivity contribution in [2.45, 2.75) is 39.0 Å². The van der Waals surface area contributed by atoms with Crippen LogP contribution in [0.15, 0.2) is 0 Å². The van der Waals surface area contributed by atoms with Gasteiger partial charge in [0.25, 0.3) is 0 Å². The Morgan fingerprint density at radius 3 is 2.71 bits per heavy atom. The third kappa shape index (κ3) is 2.44. The van der Waals surface area contributed by atoms with Gasteiger partial charge in [-0.2, -0.15) is 0 Å². The minimum atomic E-state index is -0.844. The van der Waals surface area contributed by atoms with Crippen LogP contribution in [0.2, 0.25) is 0 Å². The molecular weight excluding hydrogens is 236 g/mol. The van der Waals surface area contributed by atoms with Crippen molar-refractivity contribution < 1.29 is 9.90 Å². The Hall–Kier alpha value is -1.10. The van der Waals surface area contributed by atoms with Gasteiger partial charge in [0.2, 0.25) is 0 Å². The Labute approximate surface area is 105 Å². The average molecular weight is 254 g/mol. The highest BCUT2D eigenvalue weighted by Gasteiger charge is 2.24. The van der Waals surface area contributed by atoms with Crippen LogP contribution in [0.5, 0.6) is 0 Å². The van der Waals surface area contributed by atoms with Crippen molar-refractivity contribution in [1.82, 2.24) is 4.98 Å². The van der Waals surface area contributed by atoms with Crippen molar-refractivity contribution >= 4 is 22.4 Å². The molecule has 1 unspecified atom stereocenters. The number of rotatable bonds is 4. The largest absolute Gasteiger partial charge is 0.477 e. The van der Waals surface area contributed by atoms with Gasteiger partial charge in [-0.05, 0) is 25.2 Å². The number of hydrogen-bond acceptors (Lipinski definition) is 4. The summed E-state index contributed by atoms with van der Waals surface area (Å²) in [6, 6.07) is 0. The van der Waals surface area contributed by atoms with Gasteiger partial charge in [-0.1, -0.05) is 25.2 Å². The maximum Gasteiger partial charge on any atom is 0.347 e. The monoisotopic (exact) mass is 254 g/mol. The first kappa shape index (κ1) is 12.4. The highest BCUT2D eigenvalue weighted by Crippen LogP contribution is 2.33. The normalized spacial score (nSPS) is 17.4. The summed E-state index contributed by atoms with van der Waals surface area (Å²) in [5.41, 5.74) is 0.756. The molecule has 0 radical (unpaired) electrons. The van der Waals surface area contributed by atoms with E-state index in [1.807, 2.05) is 6.92 Å². The first-order valence-corrected chi connectivity index (χ1v) is 6.94. The Kier molecular flexibility index (Phi) is 3.66. The molecule has 17 heavy (non-hydrogen) atoms. The molecule has 1 N–H and O–H groups in total. The van der Waals surface area contributed by atoms with Crippen LogP contribution in [0, 0.1) is 0 Å². The number of carboxylic acid groups (broad SMARTS) is 1. The molecule has 2 rings (SSSR count). The maximum atomic E-state index is 11.2. The quantitative estimate of drug-likeness (QED) is 0.897. The van der Waals surface area contributed by atoms with Gasteiger partial charge in [-0.25, -0.2) is 9.78 Å². The molecule has 1 atom stereocenters. The van der Waals surface area contributed by atoms with E-state index in [4.69, 9.17) is 0 Å². The lowest BCUT2D eigenvalue weighted by molar-refractivity contribution is 0.0700. The number of aromatic nitrogens is 1. The molecule has 0 spiro atoms. The van der Waals surface area contributed by atoms with Crippen molar-refractivity contribution in [3.8, 4) is 0 Å². The molecule has 4 nitrogen and oxygen atoms in total. The third-order valence-electron chi connectivity index (χ3n) is 3.29. The Morgan fingerprint density at radius 2 is 2.18 bits per heavy atom. The molecule has 2 heterocycles. The minimum absolute atomic E-state index is 0.216. The van der Waals surface area contributed by atoms with Gasteiger partial charge in [0.05, 0.1) is 5.69 Å². The number of carbonyl (C=O) groups is 1. The predicted molar refractivity (Wildman–Crippen MR) is 69.2 cm³/mol. The van der Waals surface area contributed by atoms with Crippen molar-refractivity contribution in [3.63, 3.8) is 0 Å². The van der Waals surface area contributed by atoms with E-state index in [1.165, 1.54) is 24.2 Å². The fourth-order valence-corrected chi connectivity index (χ4v) is 3.12. The zero-order chi connectivity index (χ0) is 12.4. The molecule has 1 aliphatic rings. The van der Waals surface area contributed by atoms with Crippen LogP contribution in [0.1, 0.15) is 54.4 Å². The van der Waals surface area contributed by atoms with E-state index < -0.39 is 5.97 Å². The smallest absolute Gasteiger partial charge is 0.347 e. The maximum absolute atomic E-state index is 11.2. The summed E-state index contributed by atoms with van der Waals surface area (Å²) in [7, 11) is 0. The Morgan fingerprint density at radius 1 is 1.53 bits per heavy atom. The fourth-order valence-electron chi connectivity index (χ4n) is 2.04. The molecule has 1 saturated heterocycles. The van der Waals surface area contributed by atoms with Crippen LogP contribution >= 0.6 is 11.3 Å². The number of thiazole rings is 1. The number of hydrogen-bond donors (Lipinski definition) is 1. The molecule has 0 saturated carbocycles. The van der Waals surface area contributed by atoms with E-state index in [0.29, 0.717) is 4.88 Å². The van der Waals surface area contributed by atoms with Crippen LogP contribution in [-0.4, -0.2) is 29.1 Å². The zero-order valence-corrected chi connectivity index (χ0v) is 11.1. The van der Waals surface area contributed by atoms with Gasteiger partial charge in [0, 0.05) is 13.1 Å². The standard InChI is InChI=1S/C12H18N2O2S/c1-3-8(2)9-10(11(15)16)17-12(13-9)14-6-4-5-7-14/h8H,3-7H2,1-2H3,(H,15,16). The fraction of sp³-hybridized carbons (Fsp3) is 0.667. The van der Waals surface area contributed by atoms with Gasteiger partial charge in [-0.3, -0.25) is 0 Å². The summed E-state index contributed by atoms with van der Waals surface area (Å²) < 4.78 is 0. The topological polar surface area (TPSA) is 53.4 Å². The van der Waals surface area contributed by atoms with Gasteiger partial charge in [-0.15, -0.1) is 0 Å². The second-order valence-corrected chi connectivity index (χ2v) is 5.50. The van der Waals surface area contributed by atoms with E-state index in [9.17, 15) is 9.90 Å². The first-order valence-electron chi connectivity index (χ1n) is 6.12. The van der Waals surface area contributed by atoms with Crippen LogP contribution in [-0.2, 0) is 0 Å². The van der Waals surface area contributed by atoms with Crippen molar-refractivity contribution in [3.05, 3.63) is 10.6 Å². The lowest BCUT2D eigenvalue weighted by Gasteiger charge is -2.12. The SMILES string of the molecule is CCC(C)c1nc(N2CCCC2)sc1C(=O)O. The molecule has 1 aromatic rings. The van der Waals surface area contributed by atoms with Crippen molar-refractivity contribution in [2.24, 2.45) is 0 Å². The number of anilines is 1. The summed E-state index contributed by atoms with van der Waals surface area (Å²) in [6.07, 6.45) is 3.28. The number of aromatic carboxylic acids is 1. The zero-order valence-electron chi connectivity index (χ0n) is 10.3. The summed E-state index contributed by atoms with van der Waals surface area (Å²) in [5, 5.41) is 10.1. The van der Waals surface area contributed by atoms with Crippen LogP contribution < -0.4 is 4.90 Å². The highest BCUT2D eigenvalue weighted by atomic mass is 32.1. The number of nitrogens with zero attached hydrogens (tertiary/aromatic N) is 2. The van der Waals surface area contributed by atoms with Gasteiger partial charge >= 0.3 is 5.97 Å². The second kappa shape index (κ2) is 5.04. The van der Waals surface area contributed by atoms with Crippen LogP contribution in [0.4, 0.5) is 5.13 Å². The Balaban J connectivity index is 2.33. The lowest BCUT2D eigenvalue weighted by atomic mass is 10.0. The highest BCUT2D eigenvalue weighted by molar-refractivity contribution is 7.17. The lowest BCUT2D eigenvalue weighted by Crippen LogP contribution is -2.17. The van der Waals surface area contributed by atoms with Crippen molar-refractivity contribution in [2.75, 3.05) is 18.0 Å². The second-order valence-electron chi connectivity index (χ2n) is 4.52. The molecule has 1 aliphatic heterocycles. The molecule has 0 bridgehead atoms. The molecule has 5 heteroatoms. The molecule has 0 aromatic carbocycles. The molecule has 94 valence electrons. The van der Waals surface area contributed by atoms with Gasteiger partial charge < -0.3 is 10.0 Å². The number of carboxylic acids is 1. The van der Waals surface area contributed by atoms with Gasteiger partial charge in [0.1, 0.15) is 4.88 Å². The molecule has 1 fully saturated rings. The first-order chi connectivity index (χ1) is 8.13. The molecular formula is C12H18N2O2S. The Bertz CT molecular complexity index is 411. The summed E-state index contributed by atoms with van der Waals surface area (Å²) in [4.78, 5) is 18.4. The van der Waals surface area contributed by atoms with E-state index in [2.05, 4.69) is 16.8 Å². The summed E-state index contributed by atoms with van der Waals surface area (Å²) in [5.74, 6) is -0.628. The minimum Gasteiger partial charge on any atom is -0.477 e. The molecule has 0 amide bonds. The third-order valence-corrected chi connectivity index (χ3v) is 4.41. The average Bonchev–Trinajstić information content (AvgIpc) is 2.95. The van der Waals surface area contributed by atoms with Crippen molar-refractivity contribution in [1.29, 1.82) is 0 Å². The summed E-state index contributed by atoms with van der Waals surface area (Å²) >= 11 is 1.32. The van der Waals surface area contributed by atoms with Crippen LogP contribution in [0.25, 0.3) is 0 Å². The van der Waals surface area contributed by atoms with Gasteiger partial charge in [0.15, 0.2) is 5.13 Å². The van der Waals surface area contributed by atoms with Crippen LogP contribution in [0.3, 0.4) is 0 Å². The van der Waals surface area contributed by atoms with E-state index in [1.54, 1.807) is 0 Å².